The lowest BCUT2D eigenvalue weighted by Gasteiger charge is -2.08. The zero-order valence-corrected chi connectivity index (χ0v) is 11.9. The maximum Gasteiger partial charge on any atom is 0.274 e. The van der Waals surface area contributed by atoms with Gasteiger partial charge in [0.15, 0.2) is 0 Å². The van der Waals surface area contributed by atoms with Crippen LogP contribution in [0.15, 0.2) is 46.9 Å². The van der Waals surface area contributed by atoms with E-state index in [-0.39, 0.29) is 5.69 Å². The van der Waals surface area contributed by atoms with Crippen LogP contribution in [0, 0.1) is 21.4 Å². The largest absolute Gasteiger partial charge is 0.381 e. The molecule has 0 amide bonds. The van der Waals surface area contributed by atoms with Crippen molar-refractivity contribution in [3.8, 4) is 6.07 Å². The van der Waals surface area contributed by atoms with E-state index >= 15 is 0 Å². The molecule has 0 radical (unpaired) electrons. The molecule has 20 heavy (non-hydrogen) atoms. The van der Waals surface area contributed by atoms with Crippen LogP contribution in [0.3, 0.4) is 0 Å². The summed E-state index contributed by atoms with van der Waals surface area (Å²) in [5, 5.41) is 22.9. The molecule has 0 bridgehead atoms. The second-order valence-electron chi connectivity index (χ2n) is 4.08. The van der Waals surface area contributed by atoms with Gasteiger partial charge in [-0.3, -0.25) is 10.1 Å². The highest BCUT2D eigenvalue weighted by atomic mass is 79.9. The summed E-state index contributed by atoms with van der Waals surface area (Å²) in [4.78, 5) is 10.6. The second kappa shape index (κ2) is 6.17. The topological polar surface area (TPSA) is 79.0 Å². The third kappa shape index (κ3) is 3.33. The maximum atomic E-state index is 11.0. The number of hydrogen-bond acceptors (Lipinski definition) is 4. The predicted molar refractivity (Wildman–Crippen MR) is 79.3 cm³/mol. The number of rotatable bonds is 4. The molecule has 100 valence electrons. The molecule has 0 aliphatic heterocycles. The number of halogens is 1. The summed E-state index contributed by atoms with van der Waals surface area (Å²) in [6.07, 6.45) is 0. The molecule has 0 saturated heterocycles. The molecule has 0 heterocycles. The van der Waals surface area contributed by atoms with Gasteiger partial charge in [0.2, 0.25) is 0 Å². The summed E-state index contributed by atoms with van der Waals surface area (Å²) < 4.78 is 0.783. The van der Waals surface area contributed by atoms with Crippen molar-refractivity contribution in [1.82, 2.24) is 0 Å². The Balaban J connectivity index is 2.20. The second-order valence-corrected chi connectivity index (χ2v) is 4.99. The number of nitrogens with zero attached hydrogens (tertiary/aromatic N) is 2. The van der Waals surface area contributed by atoms with Crippen LogP contribution < -0.4 is 5.32 Å². The van der Waals surface area contributed by atoms with E-state index in [9.17, 15) is 10.1 Å². The highest BCUT2D eigenvalue weighted by molar-refractivity contribution is 9.10. The zero-order chi connectivity index (χ0) is 14.5. The SMILES string of the molecule is N#Cc1cccc(NCc2cc(Br)ccc2[N+](=O)[O-])c1. The highest BCUT2D eigenvalue weighted by Gasteiger charge is 2.13. The first-order valence-corrected chi connectivity index (χ1v) is 6.56. The zero-order valence-electron chi connectivity index (χ0n) is 10.3. The van der Waals surface area contributed by atoms with Gasteiger partial charge < -0.3 is 5.32 Å². The van der Waals surface area contributed by atoms with E-state index in [4.69, 9.17) is 5.26 Å². The fraction of sp³-hybridized carbons (Fsp3) is 0.0714. The van der Waals surface area contributed by atoms with Crippen LogP contribution in [0.2, 0.25) is 0 Å². The first-order valence-electron chi connectivity index (χ1n) is 5.77. The lowest BCUT2D eigenvalue weighted by atomic mass is 10.1. The van der Waals surface area contributed by atoms with Crippen LogP contribution >= 0.6 is 15.9 Å². The molecule has 0 fully saturated rings. The van der Waals surface area contributed by atoms with Crippen LogP contribution in [0.25, 0.3) is 0 Å². The first kappa shape index (κ1) is 14.0. The van der Waals surface area contributed by atoms with Crippen LogP contribution in [0.5, 0.6) is 0 Å². The molecule has 0 aliphatic carbocycles. The molecule has 2 rings (SSSR count). The van der Waals surface area contributed by atoms with E-state index in [0.717, 1.165) is 10.2 Å². The molecule has 2 aromatic carbocycles. The predicted octanol–water partition coefficient (Wildman–Crippen LogP) is 3.84. The van der Waals surface area contributed by atoms with Gasteiger partial charge in [0.25, 0.3) is 5.69 Å². The molecule has 0 spiro atoms. The molecule has 2 aromatic rings. The van der Waals surface area contributed by atoms with E-state index < -0.39 is 4.92 Å². The molecule has 0 aromatic heterocycles. The Hall–Kier alpha value is -2.39. The number of nitro benzene ring substituents is 1. The van der Waals surface area contributed by atoms with Crippen molar-refractivity contribution in [3.05, 3.63) is 68.2 Å². The summed E-state index contributed by atoms with van der Waals surface area (Å²) >= 11 is 3.30. The number of nitriles is 1. The van der Waals surface area contributed by atoms with Gasteiger partial charge in [-0.25, -0.2) is 0 Å². The van der Waals surface area contributed by atoms with Crippen molar-refractivity contribution in [2.45, 2.75) is 6.54 Å². The van der Waals surface area contributed by atoms with Gasteiger partial charge in [0.1, 0.15) is 0 Å². The molecule has 0 unspecified atom stereocenters. The average molecular weight is 332 g/mol. The quantitative estimate of drug-likeness (QED) is 0.681. The van der Waals surface area contributed by atoms with Gasteiger partial charge in [-0.15, -0.1) is 0 Å². The first-order chi connectivity index (χ1) is 9.60. The normalized spacial score (nSPS) is 9.80. The highest BCUT2D eigenvalue weighted by Crippen LogP contribution is 2.24. The van der Waals surface area contributed by atoms with E-state index in [2.05, 4.69) is 21.2 Å². The summed E-state index contributed by atoms with van der Waals surface area (Å²) in [6.45, 7) is 0.310. The molecule has 0 atom stereocenters. The fourth-order valence-corrected chi connectivity index (χ4v) is 2.18. The lowest BCUT2D eigenvalue weighted by Crippen LogP contribution is -2.03. The Bertz CT molecular complexity index is 695. The molecule has 6 heteroatoms. The molecule has 1 N–H and O–H groups in total. The minimum Gasteiger partial charge on any atom is -0.381 e. The van der Waals surface area contributed by atoms with Crippen LogP contribution in [-0.4, -0.2) is 4.92 Å². The molecule has 0 saturated carbocycles. The van der Waals surface area contributed by atoms with Gasteiger partial charge >= 0.3 is 0 Å². The Labute approximate surface area is 124 Å². The molecular weight excluding hydrogens is 322 g/mol. The van der Waals surface area contributed by atoms with Crippen LogP contribution in [-0.2, 0) is 6.54 Å². The number of benzene rings is 2. The number of hydrogen-bond donors (Lipinski definition) is 1. The monoisotopic (exact) mass is 331 g/mol. The number of anilines is 1. The minimum absolute atomic E-state index is 0.0668. The van der Waals surface area contributed by atoms with Gasteiger partial charge in [-0.1, -0.05) is 22.0 Å². The van der Waals surface area contributed by atoms with Gasteiger partial charge in [0, 0.05) is 28.3 Å². The molecule has 0 aliphatic rings. The maximum absolute atomic E-state index is 11.0. The van der Waals surface area contributed by atoms with E-state index in [1.54, 1.807) is 30.3 Å². The van der Waals surface area contributed by atoms with Crippen molar-refractivity contribution in [2.24, 2.45) is 0 Å². The van der Waals surface area contributed by atoms with Gasteiger partial charge in [-0.05, 0) is 30.3 Å². The fourth-order valence-electron chi connectivity index (χ4n) is 1.77. The Morgan fingerprint density at radius 3 is 2.80 bits per heavy atom. The van der Waals surface area contributed by atoms with E-state index in [1.807, 2.05) is 12.1 Å². The van der Waals surface area contributed by atoms with Crippen molar-refractivity contribution >= 4 is 27.3 Å². The van der Waals surface area contributed by atoms with Crippen molar-refractivity contribution in [1.29, 1.82) is 5.26 Å². The van der Waals surface area contributed by atoms with Crippen LogP contribution in [0.4, 0.5) is 11.4 Å². The minimum atomic E-state index is -0.408. The summed E-state index contributed by atoms with van der Waals surface area (Å²) in [6, 6.07) is 13.8. The number of nitrogens with one attached hydrogen (secondary N) is 1. The third-order valence-corrected chi connectivity index (χ3v) is 3.21. The molecule has 5 nitrogen and oxygen atoms in total. The summed E-state index contributed by atoms with van der Waals surface area (Å²) in [5.74, 6) is 0. The van der Waals surface area contributed by atoms with E-state index in [0.29, 0.717) is 17.7 Å². The summed E-state index contributed by atoms with van der Waals surface area (Å²) in [7, 11) is 0. The summed E-state index contributed by atoms with van der Waals surface area (Å²) in [5.41, 5.74) is 1.93. The Kier molecular flexibility index (Phi) is 4.33. The van der Waals surface area contributed by atoms with Crippen molar-refractivity contribution in [2.75, 3.05) is 5.32 Å². The Morgan fingerprint density at radius 2 is 2.10 bits per heavy atom. The van der Waals surface area contributed by atoms with Gasteiger partial charge in [0.05, 0.1) is 16.6 Å². The van der Waals surface area contributed by atoms with Crippen molar-refractivity contribution < 1.29 is 4.92 Å². The smallest absolute Gasteiger partial charge is 0.274 e. The number of nitro groups is 1. The third-order valence-electron chi connectivity index (χ3n) is 2.71. The van der Waals surface area contributed by atoms with Crippen molar-refractivity contribution in [3.63, 3.8) is 0 Å². The van der Waals surface area contributed by atoms with E-state index in [1.165, 1.54) is 6.07 Å². The Morgan fingerprint density at radius 1 is 1.30 bits per heavy atom. The standard InChI is InChI=1S/C14H10BrN3O2/c15-12-4-5-14(18(19)20)11(7-12)9-17-13-3-1-2-10(6-13)8-16/h1-7,17H,9H2. The average Bonchev–Trinajstić information content (AvgIpc) is 2.45. The lowest BCUT2D eigenvalue weighted by molar-refractivity contribution is -0.385. The van der Waals surface area contributed by atoms with Crippen LogP contribution in [0.1, 0.15) is 11.1 Å². The van der Waals surface area contributed by atoms with Gasteiger partial charge in [-0.2, -0.15) is 5.26 Å². The molecular formula is C14H10BrN3O2.